The van der Waals surface area contributed by atoms with E-state index in [1.807, 2.05) is 5.38 Å². The van der Waals surface area contributed by atoms with Crippen LogP contribution in [-0.4, -0.2) is 25.1 Å². The predicted molar refractivity (Wildman–Crippen MR) is 71.2 cm³/mol. The van der Waals surface area contributed by atoms with Crippen molar-refractivity contribution in [1.29, 1.82) is 0 Å². The summed E-state index contributed by atoms with van der Waals surface area (Å²) in [6.07, 6.45) is 3.17. The van der Waals surface area contributed by atoms with E-state index in [-0.39, 0.29) is 23.9 Å². The molecule has 1 aliphatic carbocycles. The zero-order chi connectivity index (χ0) is 11.6. The molecule has 6 heteroatoms. The van der Waals surface area contributed by atoms with Crippen molar-refractivity contribution < 1.29 is 9.53 Å². The molecule has 17 heavy (non-hydrogen) atoms. The second-order valence-corrected chi connectivity index (χ2v) is 5.16. The molecule has 1 heterocycles. The molecule has 0 atom stereocenters. The molecule has 1 aliphatic rings. The highest BCUT2D eigenvalue weighted by Gasteiger charge is 2.32. The third kappa shape index (κ3) is 3.34. The van der Waals surface area contributed by atoms with Crippen LogP contribution in [0.3, 0.4) is 0 Å². The highest BCUT2D eigenvalue weighted by molar-refractivity contribution is 7.12. The Morgan fingerprint density at radius 1 is 1.65 bits per heavy atom. The van der Waals surface area contributed by atoms with Crippen LogP contribution in [0, 0.1) is 0 Å². The lowest BCUT2D eigenvalue weighted by Crippen LogP contribution is -2.54. The lowest BCUT2D eigenvalue weighted by molar-refractivity contribution is 0.0933. The number of hydrogen-bond acceptors (Lipinski definition) is 4. The molecule has 0 radical (unpaired) electrons. The molecule has 1 aromatic heterocycles. The van der Waals surface area contributed by atoms with Gasteiger partial charge in [0.2, 0.25) is 0 Å². The van der Waals surface area contributed by atoms with Gasteiger partial charge in [-0.3, -0.25) is 4.79 Å². The first-order chi connectivity index (χ1) is 7.63. The summed E-state index contributed by atoms with van der Waals surface area (Å²) in [6.45, 7) is 0.562. The molecule has 4 nitrogen and oxygen atoms in total. The summed E-state index contributed by atoms with van der Waals surface area (Å²) in [6, 6.07) is 1.74. The maximum absolute atomic E-state index is 11.7. The Morgan fingerprint density at radius 3 is 2.82 bits per heavy atom. The SMILES string of the molecule is COc1csc(C(=O)NCC2(N)CCC2)c1.Cl. The third-order valence-corrected chi connectivity index (χ3v) is 3.89. The molecule has 1 amide bonds. The average Bonchev–Trinajstić information content (AvgIpc) is 2.71. The molecule has 0 aliphatic heterocycles. The van der Waals surface area contributed by atoms with Crippen molar-refractivity contribution in [2.75, 3.05) is 13.7 Å². The third-order valence-electron chi connectivity index (χ3n) is 2.99. The summed E-state index contributed by atoms with van der Waals surface area (Å²) in [5.74, 6) is 0.659. The topological polar surface area (TPSA) is 64.3 Å². The van der Waals surface area contributed by atoms with Gasteiger partial charge in [0.25, 0.3) is 5.91 Å². The van der Waals surface area contributed by atoms with Gasteiger partial charge in [-0.25, -0.2) is 0 Å². The molecular formula is C11H17ClN2O2S. The largest absolute Gasteiger partial charge is 0.496 e. The van der Waals surface area contributed by atoms with Gasteiger partial charge in [0, 0.05) is 23.5 Å². The van der Waals surface area contributed by atoms with E-state index in [2.05, 4.69) is 5.32 Å². The molecular weight excluding hydrogens is 260 g/mol. The number of ether oxygens (including phenoxy) is 1. The van der Waals surface area contributed by atoms with E-state index in [1.165, 1.54) is 17.8 Å². The zero-order valence-corrected chi connectivity index (χ0v) is 11.3. The Balaban J connectivity index is 0.00000144. The van der Waals surface area contributed by atoms with Gasteiger partial charge >= 0.3 is 0 Å². The highest BCUT2D eigenvalue weighted by atomic mass is 35.5. The number of carbonyl (C=O) groups excluding carboxylic acids is 1. The average molecular weight is 277 g/mol. The molecule has 0 saturated heterocycles. The zero-order valence-electron chi connectivity index (χ0n) is 9.69. The van der Waals surface area contributed by atoms with Gasteiger partial charge in [-0.1, -0.05) is 0 Å². The van der Waals surface area contributed by atoms with Crippen LogP contribution in [0.4, 0.5) is 0 Å². The molecule has 3 N–H and O–H groups in total. The van der Waals surface area contributed by atoms with Crippen molar-refractivity contribution in [2.45, 2.75) is 24.8 Å². The lowest BCUT2D eigenvalue weighted by Gasteiger charge is -2.38. The van der Waals surface area contributed by atoms with Crippen molar-refractivity contribution in [2.24, 2.45) is 5.73 Å². The van der Waals surface area contributed by atoms with Crippen molar-refractivity contribution in [3.05, 3.63) is 16.3 Å². The fraction of sp³-hybridized carbons (Fsp3) is 0.545. The number of nitrogens with one attached hydrogen (secondary N) is 1. The molecule has 0 aromatic carbocycles. The van der Waals surface area contributed by atoms with Gasteiger partial charge in [0.05, 0.1) is 12.0 Å². The molecule has 1 aromatic rings. The van der Waals surface area contributed by atoms with Crippen LogP contribution in [0.1, 0.15) is 28.9 Å². The van der Waals surface area contributed by atoms with Crippen LogP contribution in [-0.2, 0) is 0 Å². The van der Waals surface area contributed by atoms with Crippen molar-refractivity contribution in [3.63, 3.8) is 0 Å². The highest BCUT2D eigenvalue weighted by Crippen LogP contribution is 2.28. The fourth-order valence-electron chi connectivity index (χ4n) is 1.70. The number of nitrogens with two attached hydrogens (primary N) is 1. The van der Waals surface area contributed by atoms with Gasteiger partial charge in [0.15, 0.2) is 0 Å². The first-order valence-electron chi connectivity index (χ1n) is 5.33. The Labute approximate surface area is 111 Å². The van der Waals surface area contributed by atoms with Crippen LogP contribution >= 0.6 is 23.7 Å². The summed E-state index contributed by atoms with van der Waals surface area (Å²) in [7, 11) is 1.59. The van der Waals surface area contributed by atoms with Crippen LogP contribution in [0.5, 0.6) is 5.75 Å². The first-order valence-corrected chi connectivity index (χ1v) is 6.20. The summed E-state index contributed by atoms with van der Waals surface area (Å²) in [5, 5.41) is 4.69. The monoisotopic (exact) mass is 276 g/mol. The summed E-state index contributed by atoms with van der Waals surface area (Å²) in [5.41, 5.74) is 5.85. The van der Waals surface area contributed by atoms with Crippen LogP contribution in [0.15, 0.2) is 11.4 Å². The van der Waals surface area contributed by atoms with E-state index >= 15 is 0 Å². The molecule has 96 valence electrons. The number of thiophene rings is 1. The number of hydrogen-bond donors (Lipinski definition) is 2. The van der Waals surface area contributed by atoms with Crippen molar-refractivity contribution in [1.82, 2.24) is 5.32 Å². The smallest absolute Gasteiger partial charge is 0.261 e. The molecule has 0 unspecified atom stereocenters. The maximum atomic E-state index is 11.7. The van der Waals surface area contributed by atoms with E-state index in [1.54, 1.807) is 13.2 Å². The number of carbonyl (C=O) groups is 1. The Bertz CT molecular complexity index is 391. The second kappa shape index (κ2) is 5.71. The lowest BCUT2D eigenvalue weighted by atomic mass is 9.78. The molecule has 0 spiro atoms. The molecule has 0 bridgehead atoms. The predicted octanol–water partition coefficient (Wildman–Crippen LogP) is 1.79. The van der Waals surface area contributed by atoms with Gasteiger partial charge in [-0.05, 0) is 19.3 Å². The summed E-state index contributed by atoms with van der Waals surface area (Å²) in [4.78, 5) is 12.4. The van der Waals surface area contributed by atoms with E-state index in [0.29, 0.717) is 11.4 Å². The normalized spacial score (nSPS) is 16.6. The summed E-state index contributed by atoms with van der Waals surface area (Å²) >= 11 is 1.38. The van der Waals surface area contributed by atoms with Crippen molar-refractivity contribution in [3.8, 4) is 5.75 Å². The molecule has 2 rings (SSSR count). The Kier molecular flexibility index (Phi) is 4.80. The first kappa shape index (κ1) is 14.3. The van der Waals surface area contributed by atoms with Gasteiger partial charge in [0.1, 0.15) is 5.75 Å². The standard InChI is InChI=1S/C11H16N2O2S.ClH/c1-15-8-5-9(16-6-8)10(14)13-7-11(12)3-2-4-11;/h5-6H,2-4,7,12H2,1H3,(H,13,14);1H. The minimum absolute atomic E-state index is 0. The minimum Gasteiger partial charge on any atom is -0.496 e. The van der Waals surface area contributed by atoms with E-state index in [9.17, 15) is 4.79 Å². The number of methoxy groups -OCH3 is 1. The van der Waals surface area contributed by atoms with E-state index in [0.717, 1.165) is 18.6 Å². The Hall–Kier alpha value is -0.780. The van der Waals surface area contributed by atoms with Gasteiger partial charge in [-0.15, -0.1) is 23.7 Å². The van der Waals surface area contributed by atoms with E-state index < -0.39 is 0 Å². The fourth-order valence-corrected chi connectivity index (χ4v) is 2.47. The molecule has 1 saturated carbocycles. The maximum Gasteiger partial charge on any atom is 0.261 e. The van der Waals surface area contributed by atoms with Crippen molar-refractivity contribution >= 4 is 29.7 Å². The van der Waals surface area contributed by atoms with E-state index in [4.69, 9.17) is 10.5 Å². The second-order valence-electron chi connectivity index (χ2n) is 4.25. The Morgan fingerprint density at radius 2 is 2.35 bits per heavy atom. The number of amides is 1. The van der Waals surface area contributed by atoms with Crippen LogP contribution in [0.2, 0.25) is 0 Å². The quantitative estimate of drug-likeness (QED) is 0.881. The summed E-state index contributed by atoms with van der Waals surface area (Å²) < 4.78 is 5.03. The number of halogens is 1. The van der Waals surface area contributed by atoms with Gasteiger partial charge in [-0.2, -0.15) is 0 Å². The minimum atomic E-state index is -0.170. The van der Waals surface area contributed by atoms with Crippen LogP contribution in [0.25, 0.3) is 0 Å². The number of rotatable bonds is 4. The van der Waals surface area contributed by atoms with Crippen LogP contribution < -0.4 is 15.8 Å². The van der Waals surface area contributed by atoms with Gasteiger partial charge < -0.3 is 15.8 Å². The molecule has 1 fully saturated rings.